The van der Waals surface area contributed by atoms with Gasteiger partial charge >= 0.3 is 12.0 Å². The quantitative estimate of drug-likeness (QED) is 0.225. The number of amides is 4. The van der Waals surface area contributed by atoms with Crippen molar-refractivity contribution < 1.29 is 24.3 Å². The molecule has 10 heteroatoms. The number of rotatable bonds is 9. The number of carbonyl (C=O) groups is 4. The molecule has 0 aliphatic carbocycles. The number of pyridine rings is 1. The van der Waals surface area contributed by atoms with Gasteiger partial charge in [-0.3, -0.25) is 14.6 Å². The minimum Gasteiger partial charge on any atom is -0.480 e. The van der Waals surface area contributed by atoms with Crippen molar-refractivity contribution in [3.8, 4) is 11.1 Å². The van der Waals surface area contributed by atoms with Gasteiger partial charge in [0.1, 0.15) is 12.1 Å². The maximum absolute atomic E-state index is 13.3. The highest BCUT2D eigenvalue weighted by molar-refractivity contribution is 6.04. The van der Waals surface area contributed by atoms with Crippen LogP contribution < -0.4 is 16.0 Å². The van der Waals surface area contributed by atoms with E-state index in [-0.39, 0.29) is 12.3 Å². The second kappa shape index (κ2) is 13.4. The highest BCUT2D eigenvalue weighted by atomic mass is 16.4. The van der Waals surface area contributed by atoms with Crippen LogP contribution in [0, 0.1) is 0 Å². The van der Waals surface area contributed by atoms with Crippen molar-refractivity contribution in [1.29, 1.82) is 0 Å². The third-order valence-corrected chi connectivity index (χ3v) is 7.28. The standard InChI is InChI=1S/C33H31N5O5/c39-30(24-16-18-34-19-17-24)35-25-14-12-22(13-15-25)21-28(32(41)42)36-31(40)29-11-6-20-38(29)33(43)37-27-10-5-4-9-26(27)23-7-2-1-3-8-23/h1-5,7-10,12-19,28-29H,6,11,20-21H2,(H,35,39)(H,36,40)(H,37,43)(H,41,42)/t28-,29-/m0/s1. The van der Waals surface area contributed by atoms with Gasteiger partial charge in [-0.2, -0.15) is 0 Å². The predicted octanol–water partition coefficient (Wildman–Crippen LogP) is 4.81. The van der Waals surface area contributed by atoms with Gasteiger partial charge in [0.15, 0.2) is 0 Å². The summed E-state index contributed by atoms with van der Waals surface area (Å²) < 4.78 is 0. The lowest BCUT2D eigenvalue weighted by molar-refractivity contribution is -0.142. The molecule has 1 aliphatic rings. The van der Waals surface area contributed by atoms with Gasteiger partial charge in [0, 0.05) is 42.2 Å². The molecule has 43 heavy (non-hydrogen) atoms. The lowest BCUT2D eigenvalue weighted by Gasteiger charge is -2.26. The van der Waals surface area contributed by atoms with E-state index >= 15 is 0 Å². The number of likely N-dealkylation sites (tertiary alicyclic amines) is 1. The molecule has 3 aromatic carbocycles. The monoisotopic (exact) mass is 577 g/mol. The highest BCUT2D eigenvalue weighted by Crippen LogP contribution is 2.29. The molecule has 1 saturated heterocycles. The van der Waals surface area contributed by atoms with E-state index < -0.39 is 30.0 Å². The molecule has 1 aromatic heterocycles. The lowest BCUT2D eigenvalue weighted by atomic mass is 10.0. The minimum atomic E-state index is -1.20. The number of para-hydroxylation sites is 1. The number of nitrogens with zero attached hydrogens (tertiary/aromatic N) is 2. The van der Waals surface area contributed by atoms with Crippen molar-refractivity contribution in [3.63, 3.8) is 0 Å². The molecule has 1 fully saturated rings. The van der Waals surface area contributed by atoms with Crippen LogP contribution in [0.5, 0.6) is 0 Å². The van der Waals surface area contributed by atoms with Crippen molar-refractivity contribution in [1.82, 2.24) is 15.2 Å². The van der Waals surface area contributed by atoms with Crippen LogP contribution in [0.3, 0.4) is 0 Å². The average Bonchev–Trinajstić information content (AvgIpc) is 3.53. The average molecular weight is 578 g/mol. The van der Waals surface area contributed by atoms with Gasteiger partial charge in [0.2, 0.25) is 5.91 Å². The van der Waals surface area contributed by atoms with E-state index in [0.29, 0.717) is 41.9 Å². The number of carboxylic acid groups (broad SMARTS) is 1. The molecule has 0 saturated carbocycles. The molecule has 10 nitrogen and oxygen atoms in total. The van der Waals surface area contributed by atoms with E-state index in [4.69, 9.17) is 0 Å². The molecule has 4 amide bonds. The van der Waals surface area contributed by atoms with Crippen LogP contribution in [-0.4, -0.2) is 57.4 Å². The van der Waals surface area contributed by atoms with Crippen LogP contribution in [-0.2, 0) is 16.0 Å². The predicted molar refractivity (Wildman–Crippen MR) is 163 cm³/mol. The topological polar surface area (TPSA) is 141 Å². The molecule has 5 rings (SSSR count). The fourth-order valence-corrected chi connectivity index (χ4v) is 5.07. The zero-order valence-electron chi connectivity index (χ0n) is 23.3. The van der Waals surface area contributed by atoms with Crippen molar-refractivity contribution >= 4 is 35.2 Å². The van der Waals surface area contributed by atoms with Crippen molar-refractivity contribution in [3.05, 3.63) is 115 Å². The molecule has 0 spiro atoms. The van der Waals surface area contributed by atoms with Crippen molar-refractivity contribution in [2.75, 3.05) is 17.2 Å². The van der Waals surface area contributed by atoms with Gasteiger partial charge < -0.3 is 26.0 Å². The Hall–Kier alpha value is -5.51. The smallest absolute Gasteiger partial charge is 0.326 e. The van der Waals surface area contributed by atoms with E-state index in [2.05, 4.69) is 20.9 Å². The molecule has 2 heterocycles. The molecule has 4 N–H and O–H groups in total. The summed E-state index contributed by atoms with van der Waals surface area (Å²) in [5.74, 6) is -1.99. The van der Waals surface area contributed by atoms with E-state index in [9.17, 15) is 24.3 Å². The first-order valence-corrected chi connectivity index (χ1v) is 13.9. The van der Waals surface area contributed by atoms with Gasteiger partial charge in [-0.1, -0.05) is 60.7 Å². The summed E-state index contributed by atoms with van der Waals surface area (Å²) >= 11 is 0. The molecule has 218 valence electrons. The molecule has 4 aromatic rings. The number of aliphatic carboxylic acids is 1. The number of urea groups is 1. The molecular weight excluding hydrogens is 546 g/mol. The number of anilines is 2. The Bertz CT molecular complexity index is 1600. The van der Waals surface area contributed by atoms with Gasteiger partial charge in [0.05, 0.1) is 5.69 Å². The second-order valence-electron chi connectivity index (χ2n) is 10.2. The number of hydrogen-bond acceptors (Lipinski definition) is 5. The summed E-state index contributed by atoms with van der Waals surface area (Å²) in [5, 5.41) is 18.2. The summed E-state index contributed by atoms with van der Waals surface area (Å²) in [6.07, 6.45) is 4.14. The number of nitrogens with one attached hydrogen (secondary N) is 3. The SMILES string of the molecule is O=C(Nc1ccc(C[C@H](NC(=O)[C@@H]2CCCN2C(=O)Nc2ccccc2-c2ccccc2)C(=O)O)cc1)c1ccncc1. The fourth-order valence-electron chi connectivity index (χ4n) is 5.07. The zero-order chi connectivity index (χ0) is 30.2. The third-order valence-electron chi connectivity index (χ3n) is 7.28. The van der Waals surface area contributed by atoms with Crippen molar-refractivity contribution in [2.24, 2.45) is 0 Å². The van der Waals surface area contributed by atoms with E-state index in [1.807, 2.05) is 54.6 Å². The number of benzene rings is 3. The van der Waals surface area contributed by atoms with Gasteiger partial charge in [-0.05, 0) is 54.3 Å². The Kier molecular flexibility index (Phi) is 9.06. The lowest BCUT2D eigenvalue weighted by Crippen LogP contribution is -2.52. The normalized spacial score (nSPS) is 14.9. The van der Waals surface area contributed by atoms with Crippen LogP contribution in [0.2, 0.25) is 0 Å². The Morgan fingerprint density at radius 1 is 0.860 bits per heavy atom. The van der Waals surface area contributed by atoms with E-state index in [1.165, 1.54) is 17.3 Å². The number of aromatic nitrogens is 1. The van der Waals surface area contributed by atoms with Crippen LogP contribution in [0.15, 0.2) is 103 Å². The Balaban J connectivity index is 1.21. The summed E-state index contributed by atoms with van der Waals surface area (Å²) in [5.41, 5.74) is 4.08. The van der Waals surface area contributed by atoms with Crippen LogP contribution in [0.1, 0.15) is 28.8 Å². The highest BCUT2D eigenvalue weighted by Gasteiger charge is 2.36. The van der Waals surface area contributed by atoms with Gasteiger partial charge in [-0.15, -0.1) is 0 Å². The van der Waals surface area contributed by atoms with Crippen LogP contribution in [0.25, 0.3) is 11.1 Å². The Labute approximate surface area is 248 Å². The van der Waals surface area contributed by atoms with E-state index in [1.54, 1.807) is 36.4 Å². The van der Waals surface area contributed by atoms with E-state index in [0.717, 1.165) is 11.1 Å². The number of carboxylic acids is 1. The first kappa shape index (κ1) is 29.0. The maximum atomic E-state index is 13.3. The second-order valence-corrected chi connectivity index (χ2v) is 10.2. The first-order valence-electron chi connectivity index (χ1n) is 13.9. The number of hydrogen-bond donors (Lipinski definition) is 4. The largest absolute Gasteiger partial charge is 0.480 e. The summed E-state index contributed by atoms with van der Waals surface area (Å²) in [6.45, 7) is 0.377. The van der Waals surface area contributed by atoms with Crippen LogP contribution in [0.4, 0.5) is 16.2 Å². The van der Waals surface area contributed by atoms with Gasteiger partial charge in [-0.25, -0.2) is 9.59 Å². The Morgan fingerprint density at radius 3 is 2.28 bits per heavy atom. The summed E-state index contributed by atoms with van der Waals surface area (Å²) in [6, 6.07) is 24.6. The third kappa shape index (κ3) is 7.23. The molecule has 0 bridgehead atoms. The molecule has 2 atom stereocenters. The zero-order valence-corrected chi connectivity index (χ0v) is 23.3. The molecule has 1 aliphatic heterocycles. The maximum Gasteiger partial charge on any atom is 0.326 e. The van der Waals surface area contributed by atoms with Crippen molar-refractivity contribution in [2.45, 2.75) is 31.3 Å². The first-order chi connectivity index (χ1) is 20.9. The minimum absolute atomic E-state index is 0.0308. The number of carbonyl (C=O) groups excluding carboxylic acids is 3. The summed E-state index contributed by atoms with van der Waals surface area (Å²) in [4.78, 5) is 56.4. The van der Waals surface area contributed by atoms with Crippen LogP contribution >= 0.6 is 0 Å². The van der Waals surface area contributed by atoms with Gasteiger partial charge in [0.25, 0.3) is 5.91 Å². The molecule has 0 radical (unpaired) electrons. The fraction of sp³-hybridized carbons (Fsp3) is 0.182. The molecular formula is C33H31N5O5. The molecule has 0 unspecified atom stereocenters. The summed E-state index contributed by atoms with van der Waals surface area (Å²) in [7, 11) is 0. The Morgan fingerprint density at radius 2 is 1.56 bits per heavy atom.